The van der Waals surface area contributed by atoms with E-state index in [-0.39, 0.29) is 0 Å². The molecule has 0 radical (unpaired) electrons. The lowest BCUT2D eigenvalue weighted by molar-refractivity contribution is 0.415. The molecule has 0 saturated heterocycles. The predicted octanol–water partition coefficient (Wildman–Crippen LogP) is 3.20. The Morgan fingerprint density at radius 3 is 2.55 bits per heavy atom. The van der Waals surface area contributed by atoms with E-state index in [1.54, 1.807) is 7.11 Å². The lowest BCUT2D eigenvalue weighted by Crippen LogP contribution is -2.05. The summed E-state index contributed by atoms with van der Waals surface area (Å²) in [6.45, 7) is 0. The van der Waals surface area contributed by atoms with E-state index < -0.39 is 0 Å². The maximum Gasteiger partial charge on any atom is 0.144 e. The third-order valence-electron chi connectivity index (χ3n) is 3.32. The highest BCUT2D eigenvalue weighted by molar-refractivity contribution is 5.65. The van der Waals surface area contributed by atoms with Gasteiger partial charge in [0.2, 0.25) is 0 Å². The minimum atomic E-state index is 0.473. The summed E-state index contributed by atoms with van der Waals surface area (Å²) < 4.78 is 5.15. The zero-order valence-corrected chi connectivity index (χ0v) is 11.3. The Balaban J connectivity index is 1.94. The Bertz CT molecular complexity index is 654. The van der Waals surface area contributed by atoms with Crippen LogP contribution in [0, 0.1) is 11.3 Å². The second-order valence-corrected chi connectivity index (χ2v) is 4.85. The first-order valence-corrected chi connectivity index (χ1v) is 6.62. The minimum Gasteiger partial charge on any atom is -0.497 e. The van der Waals surface area contributed by atoms with Crippen LogP contribution in [0.2, 0.25) is 0 Å². The fourth-order valence-electron chi connectivity index (χ4n) is 2.00. The summed E-state index contributed by atoms with van der Waals surface area (Å²) in [5, 5.41) is 12.4. The Hall–Kier alpha value is -2.54. The molecule has 1 aromatic heterocycles. The van der Waals surface area contributed by atoms with E-state index >= 15 is 0 Å². The second-order valence-electron chi connectivity index (χ2n) is 4.85. The maximum absolute atomic E-state index is 9.13. The summed E-state index contributed by atoms with van der Waals surface area (Å²) in [5.41, 5.74) is 2.46. The molecule has 1 aliphatic rings. The largest absolute Gasteiger partial charge is 0.497 e. The fraction of sp³-hybridized carbons (Fsp3) is 0.250. The van der Waals surface area contributed by atoms with Crippen LogP contribution in [0.25, 0.3) is 11.3 Å². The van der Waals surface area contributed by atoms with Gasteiger partial charge in [-0.3, -0.25) is 0 Å². The highest BCUT2D eigenvalue weighted by atomic mass is 16.5. The van der Waals surface area contributed by atoms with Crippen molar-refractivity contribution < 1.29 is 4.74 Å². The molecular formula is C16H15N3O. The minimum absolute atomic E-state index is 0.473. The SMILES string of the molecule is COc1ccc(-c2ccc(C#N)c(NC3CC3)n2)cc1. The smallest absolute Gasteiger partial charge is 0.144 e. The fourth-order valence-corrected chi connectivity index (χ4v) is 2.00. The second kappa shape index (κ2) is 5.22. The van der Waals surface area contributed by atoms with Gasteiger partial charge in [0.1, 0.15) is 17.6 Å². The lowest BCUT2D eigenvalue weighted by Gasteiger charge is -2.09. The Morgan fingerprint density at radius 2 is 1.95 bits per heavy atom. The van der Waals surface area contributed by atoms with E-state index in [1.165, 1.54) is 0 Å². The quantitative estimate of drug-likeness (QED) is 0.922. The van der Waals surface area contributed by atoms with Crippen LogP contribution < -0.4 is 10.1 Å². The number of aromatic nitrogens is 1. The van der Waals surface area contributed by atoms with Crippen LogP contribution in [-0.2, 0) is 0 Å². The third kappa shape index (κ3) is 2.57. The monoisotopic (exact) mass is 265 g/mol. The molecule has 0 bridgehead atoms. The lowest BCUT2D eigenvalue weighted by atomic mass is 10.1. The van der Waals surface area contributed by atoms with Crippen LogP contribution in [0.15, 0.2) is 36.4 Å². The molecular weight excluding hydrogens is 250 g/mol. The average molecular weight is 265 g/mol. The van der Waals surface area contributed by atoms with Gasteiger partial charge in [-0.25, -0.2) is 4.98 Å². The van der Waals surface area contributed by atoms with Gasteiger partial charge < -0.3 is 10.1 Å². The van der Waals surface area contributed by atoms with Crippen molar-refractivity contribution in [2.75, 3.05) is 12.4 Å². The predicted molar refractivity (Wildman–Crippen MR) is 77.6 cm³/mol. The van der Waals surface area contributed by atoms with E-state index in [1.807, 2.05) is 36.4 Å². The summed E-state index contributed by atoms with van der Waals surface area (Å²) >= 11 is 0. The standard InChI is InChI=1S/C16H15N3O/c1-20-14-7-2-11(3-8-14)15-9-4-12(10-17)16(19-15)18-13-5-6-13/h2-4,7-9,13H,5-6H2,1H3,(H,18,19). The summed E-state index contributed by atoms with van der Waals surface area (Å²) in [5.74, 6) is 1.50. The number of nitriles is 1. The van der Waals surface area contributed by atoms with E-state index in [0.29, 0.717) is 17.4 Å². The number of pyridine rings is 1. The molecule has 0 aliphatic heterocycles. The van der Waals surface area contributed by atoms with E-state index in [4.69, 9.17) is 10.00 Å². The highest BCUT2D eigenvalue weighted by Gasteiger charge is 2.22. The molecule has 1 fully saturated rings. The number of nitrogens with zero attached hydrogens (tertiary/aromatic N) is 2. The summed E-state index contributed by atoms with van der Waals surface area (Å²) in [4.78, 5) is 4.58. The number of nitrogens with one attached hydrogen (secondary N) is 1. The van der Waals surface area contributed by atoms with Gasteiger partial charge in [-0.15, -0.1) is 0 Å². The topological polar surface area (TPSA) is 57.9 Å². The van der Waals surface area contributed by atoms with Crippen LogP contribution in [0.3, 0.4) is 0 Å². The first-order chi connectivity index (χ1) is 9.80. The zero-order valence-electron chi connectivity index (χ0n) is 11.3. The van der Waals surface area contributed by atoms with Crippen LogP contribution in [0.5, 0.6) is 5.75 Å². The van der Waals surface area contributed by atoms with Crippen molar-refractivity contribution in [3.63, 3.8) is 0 Å². The molecule has 1 saturated carbocycles. The van der Waals surface area contributed by atoms with Crippen LogP contribution in [0.1, 0.15) is 18.4 Å². The average Bonchev–Trinajstić information content (AvgIpc) is 3.31. The van der Waals surface area contributed by atoms with Crippen molar-refractivity contribution in [1.82, 2.24) is 4.98 Å². The number of rotatable bonds is 4. The molecule has 2 aromatic rings. The molecule has 4 heteroatoms. The maximum atomic E-state index is 9.13. The molecule has 4 nitrogen and oxygen atoms in total. The van der Waals surface area contributed by atoms with E-state index in [0.717, 1.165) is 29.8 Å². The number of anilines is 1. The Morgan fingerprint density at radius 1 is 1.20 bits per heavy atom. The van der Waals surface area contributed by atoms with Crippen molar-refractivity contribution in [3.8, 4) is 23.1 Å². The normalized spacial score (nSPS) is 13.6. The van der Waals surface area contributed by atoms with E-state index in [9.17, 15) is 0 Å². The van der Waals surface area contributed by atoms with Gasteiger partial charge in [0.15, 0.2) is 0 Å². The first-order valence-electron chi connectivity index (χ1n) is 6.62. The third-order valence-corrected chi connectivity index (χ3v) is 3.32. The highest BCUT2D eigenvalue weighted by Crippen LogP contribution is 2.28. The van der Waals surface area contributed by atoms with Crippen molar-refractivity contribution >= 4 is 5.82 Å². The van der Waals surface area contributed by atoms with Gasteiger partial charge in [-0.1, -0.05) is 0 Å². The molecule has 0 amide bonds. The molecule has 0 atom stereocenters. The van der Waals surface area contributed by atoms with Crippen LogP contribution in [0.4, 0.5) is 5.82 Å². The number of hydrogen-bond donors (Lipinski definition) is 1. The Labute approximate surface area is 118 Å². The molecule has 1 heterocycles. The molecule has 1 aliphatic carbocycles. The number of hydrogen-bond acceptors (Lipinski definition) is 4. The molecule has 20 heavy (non-hydrogen) atoms. The molecule has 1 aromatic carbocycles. The molecule has 100 valence electrons. The number of benzene rings is 1. The van der Waals surface area contributed by atoms with Crippen LogP contribution in [-0.4, -0.2) is 18.1 Å². The summed E-state index contributed by atoms with van der Waals surface area (Å²) in [6, 6.07) is 14.1. The van der Waals surface area contributed by atoms with Gasteiger partial charge in [0, 0.05) is 11.6 Å². The molecule has 0 spiro atoms. The summed E-state index contributed by atoms with van der Waals surface area (Å²) in [7, 11) is 1.65. The van der Waals surface area contributed by atoms with E-state index in [2.05, 4.69) is 16.4 Å². The number of methoxy groups -OCH3 is 1. The Kier molecular flexibility index (Phi) is 3.26. The number of ether oxygens (including phenoxy) is 1. The molecule has 1 N–H and O–H groups in total. The first kappa shape index (κ1) is 12.5. The van der Waals surface area contributed by atoms with Gasteiger partial charge in [0.05, 0.1) is 18.4 Å². The zero-order chi connectivity index (χ0) is 13.9. The van der Waals surface area contributed by atoms with Gasteiger partial charge in [-0.2, -0.15) is 5.26 Å². The van der Waals surface area contributed by atoms with Crippen molar-refractivity contribution in [1.29, 1.82) is 5.26 Å². The van der Waals surface area contributed by atoms with Gasteiger partial charge >= 0.3 is 0 Å². The van der Waals surface area contributed by atoms with Crippen molar-refractivity contribution in [3.05, 3.63) is 42.0 Å². The molecule has 0 unspecified atom stereocenters. The summed E-state index contributed by atoms with van der Waals surface area (Å²) in [6.07, 6.45) is 2.30. The van der Waals surface area contributed by atoms with Gasteiger partial charge in [0.25, 0.3) is 0 Å². The van der Waals surface area contributed by atoms with Crippen molar-refractivity contribution in [2.45, 2.75) is 18.9 Å². The van der Waals surface area contributed by atoms with Crippen molar-refractivity contribution in [2.24, 2.45) is 0 Å². The van der Waals surface area contributed by atoms with Gasteiger partial charge in [-0.05, 0) is 49.2 Å². The van der Waals surface area contributed by atoms with Crippen LogP contribution >= 0.6 is 0 Å². The molecule has 3 rings (SSSR count).